The van der Waals surface area contributed by atoms with E-state index in [0.29, 0.717) is 0 Å². The number of aromatic nitrogens is 3. The molecule has 2 N–H and O–H groups in total. The molecule has 6 heteroatoms. The van der Waals surface area contributed by atoms with Crippen LogP contribution in [0.1, 0.15) is 0 Å². The fourth-order valence-electron chi connectivity index (χ4n) is 2.31. The Bertz CT molecular complexity index is 781. The van der Waals surface area contributed by atoms with Crippen LogP contribution in [0.4, 0.5) is 5.82 Å². The lowest BCUT2D eigenvalue weighted by Gasteiger charge is -2.12. The molecule has 0 aliphatic carbocycles. The van der Waals surface area contributed by atoms with Crippen LogP contribution in [0.15, 0.2) is 42.7 Å². The molecule has 3 aromatic rings. The van der Waals surface area contributed by atoms with E-state index in [9.17, 15) is 5.11 Å². The Morgan fingerprint density at radius 1 is 1.27 bits per heavy atom. The molecule has 3 rings (SSSR count). The second-order valence-electron chi connectivity index (χ2n) is 5.40. The number of phenols is 1. The molecular weight excluding hydrogens is 278 g/mol. The first kappa shape index (κ1) is 14.3. The predicted molar refractivity (Wildman–Crippen MR) is 87.1 cm³/mol. The minimum absolute atomic E-state index is 0.233. The molecule has 2 heterocycles. The molecule has 0 unspecified atom stereocenters. The fraction of sp³-hybridized carbons (Fsp3) is 0.250. The van der Waals surface area contributed by atoms with Crippen molar-refractivity contribution in [3.05, 3.63) is 42.7 Å². The zero-order chi connectivity index (χ0) is 15.5. The van der Waals surface area contributed by atoms with Crippen LogP contribution in [-0.2, 0) is 0 Å². The van der Waals surface area contributed by atoms with Crippen molar-refractivity contribution >= 4 is 11.5 Å². The van der Waals surface area contributed by atoms with E-state index in [1.807, 2.05) is 32.3 Å². The van der Waals surface area contributed by atoms with Gasteiger partial charge in [0.15, 0.2) is 5.65 Å². The average Bonchev–Trinajstić information content (AvgIpc) is 2.92. The minimum Gasteiger partial charge on any atom is -0.508 e. The maximum Gasteiger partial charge on any atom is 0.165 e. The molecular formula is C16H19N5O. The first-order valence-electron chi connectivity index (χ1n) is 7.16. The zero-order valence-electron chi connectivity index (χ0n) is 12.7. The van der Waals surface area contributed by atoms with Gasteiger partial charge in [0.25, 0.3) is 0 Å². The van der Waals surface area contributed by atoms with E-state index < -0.39 is 0 Å². The van der Waals surface area contributed by atoms with Gasteiger partial charge in [-0.1, -0.05) is 12.1 Å². The van der Waals surface area contributed by atoms with E-state index in [-0.39, 0.29) is 5.75 Å². The Hall–Kier alpha value is -2.60. The van der Waals surface area contributed by atoms with Crippen LogP contribution in [0.25, 0.3) is 16.8 Å². The quantitative estimate of drug-likeness (QED) is 0.755. The number of likely N-dealkylation sites (N-methyl/N-ethyl adjacent to an activating group) is 1. The van der Waals surface area contributed by atoms with Crippen molar-refractivity contribution in [2.45, 2.75) is 0 Å². The largest absolute Gasteiger partial charge is 0.508 e. The van der Waals surface area contributed by atoms with Gasteiger partial charge in [-0.3, -0.25) is 0 Å². The number of anilines is 1. The molecule has 0 bridgehead atoms. The highest BCUT2D eigenvalue weighted by Crippen LogP contribution is 2.27. The molecule has 0 aliphatic heterocycles. The van der Waals surface area contributed by atoms with Crippen molar-refractivity contribution in [1.82, 2.24) is 19.5 Å². The lowest BCUT2D eigenvalue weighted by atomic mass is 10.1. The molecule has 0 aliphatic rings. The van der Waals surface area contributed by atoms with Crippen LogP contribution in [0, 0.1) is 0 Å². The number of hydrogen-bond acceptors (Lipinski definition) is 5. The highest BCUT2D eigenvalue weighted by Gasteiger charge is 2.10. The second-order valence-corrected chi connectivity index (χ2v) is 5.40. The Morgan fingerprint density at radius 2 is 2.14 bits per heavy atom. The van der Waals surface area contributed by atoms with Crippen molar-refractivity contribution in [3.63, 3.8) is 0 Å². The number of nitrogens with zero attached hydrogens (tertiary/aromatic N) is 4. The molecule has 1 aromatic carbocycles. The molecule has 2 aromatic heterocycles. The predicted octanol–water partition coefficient (Wildman–Crippen LogP) is 2.08. The lowest BCUT2D eigenvalue weighted by molar-refractivity contribution is 0.425. The van der Waals surface area contributed by atoms with E-state index in [4.69, 9.17) is 0 Å². The van der Waals surface area contributed by atoms with Crippen LogP contribution in [-0.4, -0.2) is 51.8 Å². The SMILES string of the molecule is CN(C)CCNc1ccnc2c(-c3cccc(O)c3)cnn12. The maximum absolute atomic E-state index is 9.64. The number of aromatic hydroxyl groups is 1. The van der Waals surface area contributed by atoms with E-state index in [1.165, 1.54) is 0 Å². The Labute approximate surface area is 129 Å². The normalized spacial score (nSPS) is 11.2. The van der Waals surface area contributed by atoms with Crippen LogP contribution in [0.3, 0.4) is 0 Å². The number of fused-ring (bicyclic) bond motifs is 1. The standard InChI is InChI=1S/C16H19N5O/c1-20(2)9-8-17-15-6-7-18-16-14(11-19-21(15)16)12-4-3-5-13(22)10-12/h3-7,10-11,17,22H,8-9H2,1-2H3. The minimum atomic E-state index is 0.233. The molecule has 0 spiro atoms. The number of nitrogens with one attached hydrogen (secondary N) is 1. The third-order valence-electron chi connectivity index (χ3n) is 3.42. The summed E-state index contributed by atoms with van der Waals surface area (Å²) >= 11 is 0. The van der Waals surface area contributed by atoms with Crippen molar-refractivity contribution in [2.75, 3.05) is 32.5 Å². The van der Waals surface area contributed by atoms with Gasteiger partial charge in [0, 0.05) is 24.8 Å². The van der Waals surface area contributed by atoms with Gasteiger partial charge >= 0.3 is 0 Å². The number of rotatable bonds is 5. The first-order valence-corrected chi connectivity index (χ1v) is 7.16. The second kappa shape index (κ2) is 6.03. The third kappa shape index (κ3) is 2.87. The van der Waals surface area contributed by atoms with Gasteiger partial charge in [-0.25, -0.2) is 4.98 Å². The first-order chi connectivity index (χ1) is 10.6. The third-order valence-corrected chi connectivity index (χ3v) is 3.42. The van der Waals surface area contributed by atoms with Crippen LogP contribution in [0.2, 0.25) is 0 Å². The molecule has 0 saturated heterocycles. The van der Waals surface area contributed by atoms with Gasteiger partial charge in [0.1, 0.15) is 11.6 Å². The molecule has 0 radical (unpaired) electrons. The maximum atomic E-state index is 9.64. The Morgan fingerprint density at radius 3 is 2.91 bits per heavy atom. The zero-order valence-corrected chi connectivity index (χ0v) is 12.7. The van der Waals surface area contributed by atoms with E-state index in [0.717, 1.165) is 35.7 Å². The summed E-state index contributed by atoms with van der Waals surface area (Å²) in [6.45, 7) is 1.76. The Balaban J connectivity index is 1.95. The number of hydrogen-bond donors (Lipinski definition) is 2. The summed E-state index contributed by atoms with van der Waals surface area (Å²) < 4.78 is 1.79. The summed E-state index contributed by atoms with van der Waals surface area (Å²) in [6.07, 6.45) is 3.54. The van der Waals surface area contributed by atoms with Gasteiger partial charge in [0.05, 0.1) is 6.20 Å². The van der Waals surface area contributed by atoms with Crippen LogP contribution in [0.5, 0.6) is 5.75 Å². The number of phenolic OH excluding ortho intramolecular Hbond substituents is 1. The molecule has 0 atom stereocenters. The molecule has 0 amide bonds. The lowest BCUT2D eigenvalue weighted by Crippen LogP contribution is -2.21. The van der Waals surface area contributed by atoms with E-state index in [2.05, 4.69) is 20.3 Å². The van der Waals surface area contributed by atoms with Crippen LogP contribution < -0.4 is 5.32 Å². The van der Waals surface area contributed by atoms with Crippen molar-refractivity contribution in [1.29, 1.82) is 0 Å². The van der Waals surface area contributed by atoms with E-state index >= 15 is 0 Å². The van der Waals surface area contributed by atoms with Gasteiger partial charge < -0.3 is 15.3 Å². The van der Waals surface area contributed by atoms with Gasteiger partial charge in [-0.2, -0.15) is 9.61 Å². The smallest absolute Gasteiger partial charge is 0.165 e. The highest BCUT2D eigenvalue weighted by molar-refractivity contribution is 5.78. The highest BCUT2D eigenvalue weighted by atomic mass is 16.3. The summed E-state index contributed by atoms with van der Waals surface area (Å²) in [5.74, 6) is 1.13. The summed E-state index contributed by atoms with van der Waals surface area (Å²) in [5.41, 5.74) is 2.56. The Kier molecular flexibility index (Phi) is 3.93. The van der Waals surface area contributed by atoms with Gasteiger partial charge in [-0.15, -0.1) is 0 Å². The monoisotopic (exact) mass is 297 g/mol. The topological polar surface area (TPSA) is 65.7 Å². The van der Waals surface area contributed by atoms with Crippen molar-refractivity contribution in [2.24, 2.45) is 0 Å². The summed E-state index contributed by atoms with van der Waals surface area (Å²) in [7, 11) is 4.08. The molecule has 0 saturated carbocycles. The van der Waals surface area contributed by atoms with E-state index in [1.54, 1.807) is 29.0 Å². The van der Waals surface area contributed by atoms with Crippen molar-refractivity contribution in [3.8, 4) is 16.9 Å². The molecule has 0 fully saturated rings. The molecule has 22 heavy (non-hydrogen) atoms. The molecule has 114 valence electrons. The fourth-order valence-corrected chi connectivity index (χ4v) is 2.31. The summed E-state index contributed by atoms with van der Waals surface area (Å²) in [5, 5.41) is 17.4. The van der Waals surface area contributed by atoms with Gasteiger partial charge in [-0.05, 0) is 37.9 Å². The number of benzene rings is 1. The van der Waals surface area contributed by atoms with Crippen LogP contribution >= 0.6 is 0 Å². The van der Waals surface area contributed by atoms with Gasteiger partial charge in [0.2, 0.25) is 0 Å². The summed E-state index contributed by atoms with van der Waals surface area (Å²) in [4.78, 5) is 6.54. The molecule has 6 nitrogen and oxygen atoms in total. The average molecular weight is 297 g/mol. The van der Waals surface area contributed by atoms with Crippen molar-refractivity contribution < 1.29 is 5.11 Å². The summed E-state index contributed by atoms with van der Waals surface area (Å²) in [6, 6.07) is 9.02.